The molecule has 0 aliphatic rings. The standard InChI is InChI=1S/C19H19Cl2NO3/c1-11-4-6-14(8-13(11)3)9-17(24)25-10-16(23)22-19-15(20)7-5-12(2)18(19)21/h4-8H,9-10H2,1-3H3,(H,22,23). The number of hydrogen-bond acceptors (Lipinski definition) is 3. The van der Waals surface area contributed by atoms with Crippen molar-refractivity contribution in [1.82, 2.24) is 0 Å². The van der Waals surface area contributed by atoms with E-state index >= 15 is 0 Å². The fourth-order valence-electron chi connectivity index (χ4n) is 2.22. The van der Waals surface area contributed by atoms with Gasteiger partial charge >= 0.3 is 5.97 Å². The zero-order valence-electron chi connectivity index (χ0n) is 14.3. The maximum absolute atomic E-state index is 12.0. The molecule has 0 aliphatic heterocycles. The number of amides is 1. The van der Waals surface area contributed by atoms with Gasteiger partial charge in [0.25, 0.3) is 5.91 Å². The van der Waals surface area contributed by atoms with Gasteiger partial charge in [-0.2, -0.15) is 0 Å². The summed E-state index contributed by atoms with van der Waals surface area (Å²) in [5.74, 6) is -0.970. The quantitative estimate of drug-likeness (QED) is 0.769. The van der Waals surface area contributed by atoms with Crippen LogP contribution in [0.15, 0.2) is 30.3 Å². The van der Waals surface area contributed by atoms with E-state index in [-0.39, 0.29) is 6.42 Å². The van der Waals surface area contributed by atoms with E-state index in [2.05, 4.69) is 5.32 Å². The molecule has 2 aromatic carbocycles. The van der Waals surface area contributed by atoms with E-state index in [0.29, 0.717) is 15.7 Å². The van der Waals surface area contributed by atoms with E-state index in [4.69, 9.17) is 27.9 Å². The van der Waals surface area contributed by atoms with Crippen molar-refractivity contribution in [3.8, 4) is 0 Å². The molecule has 25 heavy (non-hydrogen) atoms. The lowest BCUT2D eigenvalue weighted by atomic mass is 10.0. The molecule has 0 aromatic heterocycles. The van der Waals surface area contributed by atoms with Gasteiger partial charge in [-0.05, 0) is 49.1 Å². The largest absolute Gasteiger partial charge is 0.455 e. The number of esters is 1. The molecule has 0 fully saturated rings. The highest BCUT2D eigenvalue weighted by molar-refractivity contribution is 6.40. The number of aryl methyl sites for hydroxylation is 3. The molecule has 0 atom stereocenters. The maximum atomic E-state index is 12.0. The van der Waals surface area contributed by atoms with Crippen LogP contribution in [0.3, 0.4) is 0 Å². The normalized spacial score (nSPS) is 10.4. The first-order chi connectivity index (χ1) is 11.8. The predicted molar refractivity (Wildman–Crippen MR) is 100 cm³/mol. The minimum Gasteiger partial charge on any atom is -0.455 e. The van der Waals surface area contributed by atoms with Gasteiger partial charge in [-0.3, -0.25) is 9.59 Å². The Labute approximate surface area is 157 Å². The van der Waals surface area contributed by atoms with E-state index in [1.807, 2.05) is 32.0 Å². The first-order valence-electron chi connectivity index (χ1n) is 7.74. The molecule has 2 aromatic rings. The van der Waals surface area contributed by atoms with Crippen LogP contribution in [-0.2, 0) is 20.7 Å². The fourth-order valence-corrected chi connectivity index (χ4v) is 2.69. The molecule has 6 heteroatoms. The van der Waals surface area contributed by atoms with Crippen molar-refractivity contribution < 1.29 is 14.3 Å². The number of carbonyl (C=O) groups excluding carboxylic acids is 2. The van der Waals surface area contributed by atoms with Gasteiger partial charge in [-0.15, -0.1) is 0 Å². The highest BCUT2D eigenvalue weighted by Crippen LogP contribution is 2.32. The Kier molecular flexibility index (Phi) is 6.45. The third-order valence-corrected chi connectivity index (χ3v) is 4.63. The molecular formula is C19H19Cl2NO3. The Morgan fingerprint density at radius 1 is 1.00 bits per heavy atom. The van der Waals surface area contributed by atoms with Gasteiger partial charge in [0.15, 0.2) is 6.61 Å². The summed E-state index contributed by atoms with van der Waals surface area (Å²) in [6.45, 7) is 5.39. The molecule has 132 valence electrons. The van der Waals surface area contributed by atoms with E-state index in [1.165, 1.54) is 0 Å². The topological polar surface area (TPSA) is 55.4 Å². The molecule has 4 nitrogen and oxygen atoms in total. The summed E-state index contributed by atoms with van der Waals surface area (Å²) in [7, 11) is 0. The summed E-state index contributed by atoms with van der Waals surface area (Å²) in [4.78, 5) is 23.9. The molecule has 0 heterocycles. The molecule has 0 bridgehead atoms. The molecule has 1 N–H and O–H groups in total. The van der Waals surface area contributed by atoms with Crippen LogP contribution in [0.4, 0.5) is 5.69 Å². The van der Waals surface area contributed by atoms with Crippen molar-refractivity contribution >= 4 is 40.8 Å². The van der Waals surface area contributed by atoms with Crippen molar-refractivity contribution in [1.29, 1.82) is 0 Å². The van der Waals surface area contributed by atoms with Gasteiger partial charge in [0.05, 0.1) is 22.2 Å². The summed E-state index contributed by atoms with van der Waals surface area (Å²) >= 11 is 12.2. The van der Waals surface area contributed by atoms with Crippen molar-refractivity contribution in [3.63, 3.8) is 0 Å². The van der Waals surface area contributed by atoms with E-state index < -0.39 is 18.5 Å². The Morgan fingerprint density at radius 2 is 1.68 bits per heavy atom. The lowest BCUT2D eigenvalue weighted by Gasteiger charge is -2.11. The van der Waals surface area contributed by atoms with Crippen molar-refractivity contribution in [2.45, 2.75) is 27.2 Å². The molecule has 2 rings (SSSR count). The number of halogens is 2. The molecule has 0 aliphatic carbocycles. The maximum Gasteiger partial charge on any atom is 0.310 e. The molecule has 0 saturated heterocycles. The second-order valence-electron chi connectivity index (χ2n) is 5.86. The van der Waals surface area contributed by atoms with E-state index in [0.717, 1.165) is 22.3 Å². The van der Waals surface area contributed by atoms with E-state index in [1.54, 1.807) is 19.1 Å². The van der Waals surface area contributed by atoms with Crippen LogP contribution >= 0.6 is 23.2 Å². The number of benzene rings is 2. The first kappa shape index (κ1) is 19.3. The second kappa shape index (κ2) is 8.37. The molecule has 0 radical (unpaired) electrons. The summed E-state index contributed by atoms with van der Waals surface area (Å²) in [5.41, 5.74) is 4.21. The van der Waals surface area contributed by atoms with Crippen molar-refractivity contribution in [2.24, 2.45) is 0 Å². The van der Waals surface area contributed by atoms with Crippen LogP contribution in [-0.4, -0.2) is 18.5 Å². The highest BCUT2D eigenvalue weighted by Gasteiger charge is 2.14. The molecule has 0 spiro atoms. The highest BCUT2D eigenvalue weighted by atomic mass is 35.5. The molecule has 0 unspecified atom stereocenters. The average Bonchev–Trinajstić information content (AvgIpc) is 2.56. The van der Waals surface area contributed by atoms with Gasteiger partial charge < -0.3 is 10.1 Å². The number of hydrogen-bond donors (Lipinski definition) is 1. The third kappa shape index (κ3) is 5.21. The number of ether oxygens (including phenoxy) is 1. The minimum atomic E-state index is -0.497. The van der Waals surface area contributed by atoms with Gasteiger partial charge in [0.2, 0.25) is 0 Å². The van der Waals surface area contributed by atoms with Crippen LogP contribution in [0.2, 0.25) is 10.0 Å². The molecular weight excluding hydrogens is 361 g/mol. The summed E-state index contributed by atoms with van der Waals surface area (Å²) in [6.07, 6.45) is 0.111. The first-order valence-corrected chi connectivity index (χ1v) is 8.49. The van der Waals surface area contributed by atoms with Gasteiger partial charge in [-0.1, -0.05) is 47.5 Å². The minimum absolute atomic E-state index is 0.111. The van der Waals surface area contributed by atoms with Crippen LogP contribution in [0.1, 0.15) is 22.3 Å². The van der Waals surface area contributed by atoms with Crippen LogP contribution in [0, 0.1) is 20.8 Å². The Morgan fingerprint density at radius 3 is 2.36 bits per heavy atom. The zero-order chi connectivity index (χ0) is 18.6. The average molecular weight is 380 g/mol. The summed E-state index contributed by atoms with van der Waals surface area (Å²) in [6, 6.07) is 9.15. The number of anilines is 1. The summed E-state index contributed by atoms with van der Waals surface area (Å²) < 4.78 is 5.02. The predicted octanol–water partition coefficient (Wildman–Crippen LogP) is 4.64. The van der Waals surface area contributed by atoms with Crippen molar-refractivity contribution in [2.75, 3.05) is 11.9 Å². The lowest BCUT2D eigenvalue weighted by Crippen LogP contribution is -2.22. The number of rotatable bonds is 5. The Hall–Kier alpha value is -2.04. The van der Waals surface area contributed by atoms with Gasteiger partial charge in [-0.25, -0.2) is 0 Å². The molecule has 0 saturated carbocycles. The lowest BCUT2D eigenvalue weighted by molar-refractivity contribution is -0.146. The monoisotopic (exact) mass is 379 g/mol. The van der Waals surface area contributed by atoms with Crippen LogP contribution < -0.4 is 5.32 Å². The fraction of sp³-hybridized carbons (Fsp3) is 0.263. The zero-order valence-corrected chi connectivity index (χ0v) is 15.8. The van der Waals surface area contributed by atoms with Gasteiger partial charge in [0.1, 0.15) is 0 Å². The number of nitrogens with one attached hydrogen (secondary N) is 1. The number of carbonyl (C=O) groups is 2. The van der Waals surface area contributed by atoms with Crippen LogP contribution in [0.5, 0.6) is 0 Å². The smallest absolute Gasteiger partial charge is 0.310 e. The third-order valence-electron chi connectivity index (χ3n) is 3.83. The van der Waals surface area contributed by atoms with Crippen molar-refractivity contribution in [3.05, 3.63) is 62.6 Å². The second-order valence-corrected chi connectivity index (χ2v) is 6.64. The Bertz CT molecular complexity index is 819. The summed E-state index contributed by atoms with van der Waals surface area (Å²) in [5, 5.41) is 3.26. The molecule has 1 amide bonds. The van der Waals surface area contributed by atoms with E-state index in [9.17, 15) is 9.59 Å². The van der Waals surface area contributed by atoms with Gasteiger partial charge in [0, 0.05) is 0 Å². The SMILES string of the molecule is Cc1ccc(CC(=O)OCC(=O)Nc2c(Cl)ccc(C)c2Cl)cc1C. The Balaban J connectivity index is 1.90. The van der Waals surface area contributed by atoms with Crippen LogP contribution in [0.25, 0.3) is 0 Å².